The van der Waals surface area contributed by atoms with Crippen molar-refractivity contribution in [2.75, 3.05) is 25.6 Å². The van der Waals surface area contributed by atoms with E-state index in [1.807, 2.05) is 0 Å². The molecule has 0 aromatic carbocycles. The molecule has 1 radical (unpaired) electrons. The number of aliphatic hydroxyl groups is 1. The van der Waals surface area contributed by atoms with E-state index in [4.69, 9.17) is 14.4 Å². The first kappa shape index (κ1) is 15.3. The van der Waals surface area contributed by atoms with E-state index in [1.54, 1.807) is 0 Å². The Morgan fingerprint density at radius 3 is 2.25 bits per heavy atom. The molecule has 0 heterocycles. The van der Waals surface area contributed by atoms with Crippen molar-refractivity contribution in [3.63, 3.8) is 0 Å². The van der Waals surface area contributed by atoms with Gasteiger partial charge in [0.05, 0.1) is 19.0 Å². The van der Waals surface area contributed by atoms with Crippen LogP contribution >= 0.6 is 0 Å². The van der Waals surface area contributed by atoms with Crippen LogP contribution in [0, 0.1) is 0 Å². The number of ether oxygens (including phenoxy) is 1. The minimum absolute atomic E-state index is 0. The maximum absolute atomic E-state index is 10.1. The molecule has 0 saturated carbocycles. The first-order valence-corrected chi connectivity index (χ1v) is 4.81. The number of rotatable bonds is 6. The molecule has 0 aliphatic rings. The van der Waals surface area contributed by atoms with Crippen LogP contribution in [-0.4, -0.2) is 73.2 Å². The molecule has 0 bridgehead atoms. The van der Waals surface area contributed by atoms with Crippen LogP contribution in [0.25, 0.3) is 0 Å². The molecule has 7 heteroatoms. The molecule has 0 aliphatic carbocycles. The standard InChI is InChI=1S/C5H12O5S.Na/c6-2-4-10-3-1-5-11(7,8)9;/h6H,1-5H2,(H,7,8,9);. The SMILES string of the molecule is O=S(=O)(O)CCCOCCO.[Na]. The summed E-state index contributed by atoms with van der Waals surface area (Å²) >= 11 is 0. The van der Waals surface area contributed by atoms with E-state index in [2.05, 4.69) is 0 Å². The van der Waals surface area contributed by atoms with Crippen molar-refractivity contribution >= 4 is 39.7 Å². The summed E-state index contributed by atoms with van der Waals surface area (Å²) in [5.41, 5.74) is 0. The molecule has 0 aromatic rings. The molecule has 0 aromatic heterocycles. The fraction of sp³-hybridized carbons (Fsp3) is 1.00. The Morgan fingerprint density at radius 1 is 1.25 bits per heavy atom. The maximum Gasteiger partial charge on any atom is 0.264 e. The van der Waals surface area contributed by atoms with Gasteiger partial charge in [0.2, 0.25) is 0 Å². The number of hydrogen-bond donors (Lipinski definition) is 2. The Balaban J connectivity index is 0. The third-order valence-electron chi connectivity index (χ3n) is 0.927. The average Bonchev–Trinajstić information content (AvgIpc) is 1.85. The van der Waals surface area contributed by atoms with Gasteiger partial charge in [-0.1, -0.05) is 0 Å². The Kier molecular flexibility index (Phi) is 10.8. The molecule has 0 fully saturated rings. The summed E-state index contributed by atoms with van der Waals surface area (Å²) in [6, 6.07) is 0. The van der Waals surface area contributed by atoms with Gasteiger partial charge in [0.25, 0.3) is 10.1 Å². The first-order chi connectivity index (χ1) is 5.06. The van der Waals surface area contributed by atoms with Crippen LogP contribution in [-0.2, 0) is 14.9 Å². The van der Waals surface area contributed by atoms with Crippen LogP contribution in [0.1, 0.15) is 6.42 Å². The fourth-order valence-electron chi connectivity index (χ4n) is 0.510. The molecule has 0 saturated heterocycles. The predicted molar refractivity (Wildman–Crippen MR) is 44.7 cm³/mol. The predicted octanol–water partition coefficient (Wildman–Crippen LogP) is -1.11. The van der Waals surface area contributed by atoms with Crippen LogP contribution in [0.5, 0.6) is 0 Å². The molecule has 12 heavy (non-hydrogen) atoms. The van der Waals surface area contributed by atoms with Crippen LogP contribution in [0.3, 0.4) is 0 Å². The minimum Gasteiger partial charge on any atom is -0.394 e. The molecule has 0 unspecified atom stereocenters. The van der Waals surface area contributed by atoms with Gasteiger partial charge in [-0.2, -0.15) is 8.42 Å². The molecule has 0 amide bonds. The zero-order valence-electron chi connectivity index (χ0n) is 7.06. The second-order valence-electron chi connectivity index (χ2n) is 1.98. The smallest absolute Gasteiger partial charge is 0.264 e. The molecule has 0 atom stereocenters. The third-order valence-corrected chi connectivity index (χ3v) is 1.73. The van der Waals surface area contributed by atoms with Crippen molar-refractivity contribution in [3.05, 3.63) is 0 Å². The Bertz CT molecular complexity index is 178. The molecular formula is C5H12NaO5S. The fourth-order valence-corrected chi connectivity index (χ4v) is 0.993. The van der Waals surface area contributed by atoms with E-state index in [1.165, 1.54) is 0 Å². The maximum atomic E-state index is 10.1. The summed E-state index contributed by atoms with van der Waals surface area (Å²) in [6.45, 7) is 0.359. The zero-order chi connectivity index (χ0) is 8.74. The molecule has 0 aliphatic heterocycles. The first-order valence-electron chi connectivity index (χ1n) is 3.20. The summed E-state index contributed by atoms with van der Waals surface area (Å²) in [4.78, 5) is 0. The van der Waals surface area contributed by atoms with Crippen molar-refractivity contribution in [3.8, 4) is 0 Å². The summed E-state index contributed by atoms with van der Waals surface area (Å²) in [5.74, 6) is -0.293. The van der Waals surface area contributed by atoms with E-state index in [-0.39, 0.29) is 61.6 Å². The molecule has 0 rings (SSSR count). The Morgan fingerprint density at radius 2 is 1.83 bits per heavy atom. The van der Waals surface area contributed by atoms with Crippen molar-refractivity contribution in [1.29, 1.82) is 0 Å². The second kappa shape index (κ2) is 8.43. The Hall–Kier alpha value is 0.830. The van der Waals surface area contributed by atoms with Gasteiger partial charge in [-0.05, 0) is 6.42 Å². The molecule has 69 valence electrons. The van der Waals surface area contributed by atoms with Gasteiger partial charge in [-0.3, -0.25) is 4.55 Å². The largest absolute Gasteiger partial charge is 0.394 e. The quantitative estimate of drug-likeness (QED) is 0.328. The van der Waals surface area contributed by atoms with Gasteiger partial charge in [0.1, 0.15) is 0 Å². The van der Waals surface area contributed by atoms with Crippen molar-refractivity contribution in [2.45, 2.75) is 6.42 Å². The van der Waals surface area contributed by atoms with Crippen molar-refractivity contribution < 1.29 is 22.8 Å². The van der Waals surface area contributed by atoms with Gasteiger partial charge in [-0.15, -0.1) is 0 Å². The summed E-state index contributed by atoms with van der Waals surface area (Å²) in [7, 11) is -3.85. The average molecular weight is 207 g/mol. The van der Waals surface area contributed by atoms with Crippen molar-refractivity contribution in [1.82, 2.24) is 0 Å². The van der Waals surface area contributed by atoms with E-state index >= 15 is 0 Å². The van der Waals surface area contributed by atoms with Crippen LogP contribution in [0.2, 0.25) is 0 Å². The van der Waals surface area contributed by atoms with E-state index in [9.17, 15) is 8.42 Å². The number of aliphatic hydroxyl groups excluding tert-OH is 1. The molecule has 2 N–H and O–H groups in total. The van der Waals surface area contributed by atoms with E-state index in [0.29, 0.717) is 0 Å². The summed E-state index contributed by atoms with van der Waals surface area (Å²) < 4.78 is 33.2. The van der Waals surface area contributed by atoms with E-state index < -0.39 is 10.1 Å². The number of hydrogen-bond acceptors (Lipinski definition) is 4. The summed E-state index contributed by atoms with van der Waals surface area (Å²) in [6.07, 6.45) is 0.249. The van der Waals surface area contributed by atoms with E-state index in [0.717, 1.165) is 0 Å². The topological polar surface area (TPSA) is 83.8 Å². The van der Waals surface area contributed by atoms with Crippen molar-refractivity contribution in [2.24, 2.45) is 0 Å². The molecule has 5 nitrogen and oxygen atoms in total. The Labute approximate surface area is 94.1 Å². The molecular weight excluding hydrogens is 195 g/mol. The van der Waals surface area contributed by atoms with Crippen LogP contribution in [0.4, 0.5) is 0 Å². The second-order valence-corrected chi connectivity index (χ2v) is 3.55. The summed E-state index contributed by atoms with van der Waals surface area (Å²) in [5, 5.41) is 8.23. The normalized spacial score (nSPS) is 10.8. The van der Waals surface area contributed by atoms with Crippen LogP contribution in [0.15, 0.2) is 0 Å². The van der Waals surface area contributed by atoms with Gasteiger partial charge >= 0.3 is 0 Å². The zero-order valence-corrected chi connectivity index (χ0v) is 9.88. The molecule has 0 spiro atoms. The van der Waals surface area contributed by atoms with Gasteiger partial charge < -0.3 is 9.84 Å². The van der Waals surface area contributed by atoms with Gasteiger partial charge in [0, 0.05) is 36.2 Å². The van der Waals surface area contributed by atoms with Crippen LogP contribution < -0.4 is 0 Å². The monoisotopic (exact) mass is 207 g/mol. The van der Waals surface area contributed by atoms with Gasteiger partial charge in [-0.25, -0.2) is 0 Å². The third kappa shape index (κ3) is 13.4. The van der Waals surface area contributed by atoms with Gasteiger partial charge in [0.15, 0.2) is 0 Å². The minimum atomic E-state index is -3.85.